The van der Waals surface area contributed by atoms with Crippen molar-refractivity contribution in [3.8, 4) is 17.1 Å². The van der Waals surface area contributed by atoms with Gasteiger partial charge in [-0.3, -0.25) is 4.79 Å². The number of ether oxygens (including phenoxy) is 3. The van der Waals surface area contributed by atoms with Crippen molar-refractivity contribution in [3.05, 3.63) is 24.3 Å². The van der Waals surface area contributed by atoms with Crippen LogP contribution in [0.15, 0.2) is 24.3 Å². The van der Waals surface area contributed by atoms with Gasteiger partial charge in [0, 0.05) is 12.0 Å². The van der Waals surface area contributed by atoms with Crippen LogP contribution in [0, 0.1) is 0 Å². The van der Waals surface area contributed by atoms with E-state index in [1.807, 2.05) is 24.3 Å². The van der Waals surface area contributed by atoms with Gasteiger partial charge in [-0.2, -0.15) is 0 Å². The zero-order valence-corrected chi connectivity index (χ0v) is 11.9. The minimum absolute atomic E-state index is 0.0741. The largest absolute Gasteiger partial charge is 0.497 e. The number of carbonyl (C=O) groups is 1. The Balaban J connectivity index is 1.68. The Morgan fingerprint density at radius 3 is 2.91 bits per heavy atom. The van der Waals surface area contributed by atoms with Gasteiger partial charge >= 0.3 is 0 Å². The lowest BCUT2D eigenvalue weighted by molar-refractivity contribution is -0.156. The van der Waals surface area contributed by atoms with Crippen molar-refractivity contribution in [3.63, 3.8) is 0 Å². The number of carbonyl (C=O) groups excluding carboxylic acids is 1. The van der Waals surface area contributed by atoms with Crippen LogP contribution in [0.2, 0.25) is 0 Å². The molecule has 8 nitrogen and oxygen atoms in total. The molecule has 2 saturated heterocycles. The Kier molecular flexibility index (Phi) is 3.12. The summed E-state index contributed by atoms with van der Waals surface area (Å²) in [4.78, 5) is 11.9. The topological polar surface area (TPSA) is 88.4 Å². The van der Waals surface area contributed by atoms with Crippen molar-refractivity contribution < 1.29 is 19.0 Å². The number of aromatic nitrogens is 4. The molecule has 22 heavy (non-hydrogen) atoms. The summed E-state index contributed by atoms with van der Waals surface area (Å²) in [5.74, 6) is 1.27. The third kappa shape index (κ3) is 2.08. The van der Waals surface area contributed by atoms with Gasteiger partial charge < -0.3 is 14.2 Å². The second-order valence-corrected chi connectivity index (χ2v) is 5.25. The average molecular weight is 302 g/mol. The van der Waals surface area contributed by atoms with Crippen molar-refractivity contribution >= 4 is 5.78 Å². The lowest BCUT2D eigenvalue weighted by Gasteiger charge is -2.26. The van der Waals surface area contributed by atoms with Crippen LogP contribution in [0.5, 0.6) is 5.75 Å². The number of fused-ring (bicyclic) bond motifs is 2. The molecule has 0 spiro atoms. The number of methoxy groups -OCH3 is 1. The smallest absolute Gasteiger partial charge is 0.218 e. The highest BCUT2D eigenvalue weighted by Crippen LogP contribution is 2.34. The normalized spacial score (nSPS) is 27.1. The summed E-state index contributed by atoms with van der Waals surface area (Å²) in [6.45, 7) is 0.378. The summed E-state index contributed by atoms with van der Waals surface area (Å²) >= 11 is 0. The molecule has 2 aliphatic rings. The van der Waals surface area contributed by atoms with E-state index in [0.717, 1.165) is 11.3 Å². The molecule has 2 fully saturated rings. The summed E-state index contributed by atoms with van der Waals surface area (Å²) < 4.78 is 17.7. The van der Waals surface area contributed by atoms with Crippen LogP contribution in [-0.4, -0.2) is 52.1 Å². The maximum atomic E-state index is 11.9. The van der Waals surface area contributed by atoms with Crippen molar-refractivity contribution in [2.75, 3.05) is 13.7 Å². The third-order valence-corrected chi connectivity index (χ3v) is 3.97. The van der Waals surface area contributed by atoms with Gasteiger partial charge in [0.2, 0.25) is 6.29 Å². The highest BCUT2D eigenvalue weighted by molar-refractivity contribution is 5.83. The number of hydrogen-bond acceptors (Lipinski definition) is 7. The van der Waals surface area contributed by atoms with Crippen molar-refractivity contribution in [1.29, 1.82) is 0 Å². The van der Waals surface area contributed by atoms with Gasteiger partial charge in [0.1, 0.15) is 11.9 Å². The van der Waals surface area contributed by atoms with Gasteiger partial charge in [0.05, 0.1) is 19.8 Å². The molecule has 3 atom stereocenters. The molecule has 0 N–H and O–H groups in total. The molecule has 2 aromatic rings. The number of rotatable bonds is 3. The molecule has 2 bridgehead atoms. The Morgan fingerprint density at radius 1 is 1.32 bits per heavy atom. The van der Waals surface area contributed by atoms with Crippen LogP contribution in [0.3, 0.4) is 0 Å². The maximum absolute atomic E-state index is 11.9. The van der Waals surface area contributed by atoms with E-state index in [2.05, 4.69) is 15.5 Å². The van der Waals surface area contributed by atoms with Crippen LogP contribution in [-0.2, 0) is 14.3 Å². The molecule has 1 aromatic carbocycles. The van der Waals surface area contributed by atoms with Gasteiger partial charge in [-0.1, -0.05) is 0 Å². The van der Waals surface area contributed by atoms with Gasteiger partial charge in [-0.15, -0.1) is 5.10 Å². The van der Waals surface area contributed by atoms with E-state index in [9.17, 15) is 4.79 Å². The van der Waals surface area contributed by atoms with E-state index in [4.69, 9.17) is 14.2 Å². The first-order valence-corrected chi connectivity index (χ1v) is 6.98. The number of hydrogen-bond donors (Lipinski definition) is 0. The minimum atomic E-state index is -0.720. The number of nitrogens with zero attached hydrogens (tertiary/aromatic N) is 4. The summed E-state index contributed by atoms with van der Waals surface area (Å²) in [6.07, 6.45) is -0.617. The SMILES string of the molecule is COc1ccc(-c2nnnn2[C@H]2CC(=O)[C@H]3OC[C@H]2O3)cc1. The Labute approximate surface area is 126 Å². The van der Waals surface area contributed by atoms with Crippen LogP contribution in [0.4, 0.5) is 0 Å². The fourth-order valence-corrected chi connectivity index (χ4v) is 2.82. The van der Waals surface area contributed by atoms with Crippen LogP contribution in [0.1, 0.15) is 12.5 Å². The molecule has 114 valence electrons. The standard InChI is InChI=1S/C14H14N4O4/c1-20-9-4-2-8(3-5-9)13-15-16-17-18(13)10-6-11(19)14-21-7-12(10)22-14/h2-5,10,12,14H,6-7H2,1H3/t10-,12+,14-/m0/s1. The first-order valence-electron chi connectivity index (χ1n) is 6.98. The average Bonchev–Trinajstić information content (AvgIpc) is 3.20. The Morgan fingerprint density at radius 2 is 2.14 bits per heavy atom. The molecule has 0 amide bonds. The Hall–Kier alpha value is -2.32. The van der Waals surface area contributed by atoms with Gasteiger partial charge in [-0.05, 0) is 34.7 Å². The third-order valence-electron chi connectivity index (χ3n) is 3.97. The highest BCUT2D eigenvalue weighted by Gasteiger charge is 2.45. The Bertz CT molecular complexity index is 699. The molecule has 1 aromatic heterocycles. The quantitative estimate of drug-likeness (QED) is 0.820. The highest BCUT2D eigenvalue weighted by atomic mass is 16.7. The van der Waals surface area contributed by atoms with Crippen molar-refractivity contribution in [2.45, 2.75) is 24.9 Å². The predicted octanol–water partition coefficient (Wildman–Crippen LogP) is 0.604. The van der Waals surface area contributed by atoms with E-state index in [0.29, 0.717) is 18.9 Å². The molecule has 3 heterocycles. The van der Waals surface area contributed by atoms with Crippen LogP contribution >= 0.6 is 0 Å². The minimum Gasteiger partial charge on any atom is -0.497 e. The van der Waals surface area contributed by atoms with E-state index < -0.39 is 6.29 Å². The molecule has 0 unspecified atom stereocenters. The molecule has 2 aliphatic heterocycles. The fraction of sp³-hybridized carbons (Fsp3) is 0.429. The van der Waals surface area contributed by atoms with E-state index >= 15 is 0 Å². The van der Waals surface area contributed by atoms with Gasteiger partial charge in [0.15, 0.2) is 11.6 Å². The number of ketones is 1. The zero-order valence-electron chi connectivity index (χ0n) is 11.9. The van der Waals surface area contributed by atoms with E-state index in [-0.39, 0.29) is 17.9 Å². The summed E-state index contributed by atoms with van der Waals surface area (Å²) in [7, 11) is 1.61. The van der Waals surface area contributed by atoms with Crippen molar-refractivity contribution in [1.82, 2.24) is 20.2 Å². The first-order chi connectivity index (χ1) is 10.8. The summed E-state index contributed by atoms with van der Waals surface area (Å²) in [6, 6.07) is 7.18. The monoisotopic (exact) mass is 302 g/mol. The molecule has 0 aliphatic carbocycles. The summed E-state index contributed by atoms with van der Waals surface area (Å²) in [5.41, 5.74) is 0.847. The summed E-state index contributed by atoms with van der Waals surface area (Å²) in [5, 5.41) is 11.9. The second-order valence-electron chi connectivity index (χ2n) is 5.25. The molecule has 0 saturated carbocycles. The van der Waals surface area contributed by atoms with Crippen LogP contribution in [0.25, 0.3) is 11.4 Å². The first kappa shape index (κ1) is 13.4. The second kappa shape index (κ2) is 5.15. The van der Waals surface area contributed by atoms with Crippen molar-refractivity contribution in [2.24, 2.45) is 0 Å². The number of tetrazole rings is 1. The molecule has 0 radical (unpaired) electrons. The number of Topliss-reactive ketones (excluding diaryl/α,β-unsaturated/α-hetero) is 1. The van der Waals surface area contributed by atoms with E-state index in [1.165, 1.54) is 0 Å². The van der Waals surface area contributed by atoms with E-state index in [1.54, 1.807) is 11.8 Å². The van der Waals surface area contributed by atoms with Gasteiger partial charge in [-0.25, -0.2) is 4.68 Å². The predicted molar refractivity (Wildman–Crippen MR) is 73.1 cm³/mol. The molecular weight excluding hydrogens is 288 g/mol. The lowest BCUT2D eigenvalue weighted by atomic mass is 10.0. The molecule has 4 rings (SSSR count). The van der Waals surface area contributed by atoms with Gasteiger partial charge in [0.25, 0.3) is 0 Å². The maximum Gasteiger partial charge on any atom is 0.218 e. The lowest BCUT2D eigenvalue weighted by Crippen LogP contribution is -2.37. The number of benzene rings is 1. The zero-order chi connectivity index (χ0) is 15.1. The fourth-order valence-electron chi connectivity index (χ4n) is 2.82. The molecule has 8 heteroatoms. The van der Waals surface area contributed by atoms with Crippen LogP contribution < -0.4 is 4.74 Å². The molecular formula is C14H14N4O4.